The molecule has 1 heterocycles. The summed E-state index contributed by atoms with van der Waals surface area (Å²) in [5.74, 6) is -2.21. The Labute approximate surface area is 122 Å². The van der Waals surface area contributed by atoms with Gasteiger partial charge >= 0.3 is 12.1 Å². The van der Waals surface area contributed by atoms with Gasteiger partial charge in [-0.2, -0.15) is 13.2 Å². The molecule has 4 nitrogen and oxygen atoms in total. The van der Waals surface area contributed by atoms with E-state index < -0.39 is 12.1 Å². The smallest absolute Gasteiger partial charge is 0.436 e. The SMILES string of the molecule is O=C(Oc1ccc2nc(-c3ccccc3)oc2c1)C(F)(F)F. The van der Waals surface area contributed by atoms with Crippen LogP contribution >= 0.6 is 0 Å². The summed E-state index contributed by atoms with van der Waals surface area (Å²) >= 11 is 0. The Morgan fingerprint density at radius 2 is 1.82 bits per heavy atom. The third-order valence-corrected chi connectivity index (χ3v) is 2.82. The van der Waals surface area contributed by atoms with Crippen molar-refractivity contribution in [2.75, 3.05) is 0 Å². The van der Waals surface area contributed by atoms with Crippen LogP contribution in [0.1, 0.15) is 0 Å². The molecular weight excluding hydrogens is 299 g/mol. The second-order valence-electron chi connectivity index (χ2n) is 4.40. The van der Waals surface area contributed by atoms with Crippen molar-refractivity contribution < 1.29 is 27.1 Å². The van der Waals surface area contributed by atoms with Gasteiger partial charge in [0.1, 0.15) is 11.3 Å². The zero-order valence-electron chi connectivity index (χ0n) is 10.9. The van der Waals surface area contributed by atoms with Crippen molar-refractivity contribution in [1.29, 1.82) is 0 Å². The van der Waals surface area contributed by atoms with Crippen molar-refractivity contribution in [3.05, 3.63) is 48.5 Å². The summed E-state index contributed by atoms with van der Waals surface area (Å²) in [6.07, 6.45) is -5.05. The largest absolute Gasteiger partial charge is 0.491 e. The zero-order chi connectivity index (χ0) is 15.7. The molecule has 1 aromatic heterocycles. The minimum atomic E-state index is -5.05. The van der Waals surface area contributed by atoms with Crippen LogP contribution in [0.25, 0.3) is 22.6 Å². The third kappa shape index (κ3) is 2.78. The molecule has 3 rings (SSSR count). The van der Waals surface area contributed by atoms with Gasteiger partial charge < -0.3 is 9.15 Å². The van der Waals surface area contributed by atoms with Crippen LogP contribution in [0.5, 0.6) is 5.75 Å². The molecule has 0 bridgehead atoms. The highest BCUT2D eigenvalue weighted by Crippen LogP contribution is 2.28. The number of esters is 1. The van der Waals surface area contributed by atoms with Crippen LogP contribution in [0.2, 0.25) is 0 Å². The first-order valence-electron chi connectivity index (χ1n) is 6.18. The molecule has 0 radical (unpaired) electrons. The predicted molar refractivity (Wildman–Crippen MR) is 71.1 cm³/mol. The van der Waals surface area contributed by atoms with Gasteiger partial charge in [0.05, 0.1) is 0 Å². The van der Waals surface area contributed by atoms with Crippen molar-refractivity contribution in [2.24, 2.45) is 0 Å². The standard InChI is InChI=1S/C15H8F3NO3/c16-15(17,18)14(20)21-10-6-7-11-12(8-10)22-13(19-11)9-4-2-1-3-5-9/h1-8H. The van der Waals surface area contributed by atoms with Crippen LogP contribution in [-0.4, -0.2) is 17.1 Å². The number of rotatable bonds is 2. The Morgan fingerprint density at radius 3 is 2.50 bits per heavy atom. The fourth-order valence-electron chi connectivity index (χ4n) is 1.84. The van der Waals surface area contributed by atoms with Crippen LogP contribution in [0.15, 0.2) is 52.9 Å². The van der Waals surface area contributed by atoms with Crippen molar-refractivity contribution in [3.63, 3.8) is 0 Å². The molecule has 0 fully saturated rings. The summed E-state index contributed by atoms with van der Waals surface area (Å²) in [5.41, 5.74) is 1.41. The molecule has 3 aromatic rings. The van der Waals surface area contributed by atoms with E-state index in [9.17, 15) is 18.0 Å². The summed E-state index contributed by atoms with van der Waals surface area (Å²) in [6.45, 7) is 0. The fraction of sp³-hybridized carbons (Fsp3) is 0.0667. The lowest BCUT2D eigenvalue weighted by atomic mass is 10.2. The van der Waals surface area contributed by atoms with Crippen molar-refractivity contribution >= 4 is 17.1 Å². The van der Waals surface area contributed by atoms with E-state index in [0.717, 1.165) is 5.56 Å². The number of ether oxygens (including phenoxy) is 1. The zero-order valence-corrected chi connectivity index (χ0v) is 10.9. The summed E-state index contributed by atoms with van der Waals surface area (Å²) in [7, 11) is 0. The fourth-order valence-corrected chi connectivity index (χ4v) is 1.84. The number of aromatic nitrogens is 1. The highest BCUT2D eigenvalue weighted by atomic mass is 19.4. The number of hydrogen-bond acceptors (Lipinski definition) is 4. The van der Waals surface area contributed by atoms with Crippen LogP contribution < -0.4 is 4.74 Å². The van der Waals surface area contributed by atoms with E-state index >= 15 is 0 Å². The van der Waals surface area contributed by atoms with Crippen molar-refractivity contribution in [2.45, 2.75) is 6.18 Å². The van der Waals surface area contributed by atoms with Crippen LogP contribution in [0.3, 0.4) is 0 Å². The maximum atomic E-state index is 12.2. The molecular formula is C15H8F3NO3. The molecule has 0 aliphatic carbocycles. The van der Waals surface area contributed by atoms with E-state index in [4.69, 9.17) is 4.42 Å². The van der Waals surface area contributed by atoms with E-state index in [1.54, 1.807) is 24.3 Å². The topological polar surface area (TPSA) is 52.3 Å². The average molecular weight is 307 g/mol. The molecule has 0 N–H and O–H groups in total. The van der Waals surface area contributed by atoms with E-state index in [2.05, 4.69) is 9.72 Å². The maximum absolute atomic E-state index is 12.2. The molecule has 0 spiro atoms. The van der Waals surface area contributed by atoms with Gasteiger partial charge in [0.25, 0.3) is 0 Å². The van der Waals surface area contributed by atoms with E-state index in [1.807, 2.05) is 6.07 Å². The molecule has 0 unspecified atom stereocenters. The molecule has 0 saturated heterocycles. The quantitative estimate of drug-likeness (QED) is 0.531. The second-order valence-corrected chi connectivity index (χ2v) is 4.40. The Morgan fingerprint density at radius 1 is 1.09 bits per heavy atom. The summed E-state index contributed by atoms with van der Waals surface area (Å²) < 4.78 is 46.2. The highest BCUT2D eigenvalue weighted by molar-refractivity contribution is 5.81. The van der Waals surface area contributed by atoms with Gasteiger partial charge in [-0.15, -0.1) is 0 Å². The summed E-state index contributed by atoms with van der Waals surface area (Å²) in [4.78, 5) is 15.0. The Bertz CT molecular complexity index is 825. The van der Waals surface area contributed by atoms with Gasteiger partial charge in [0.15, 0.2) is 5.58 Å². The van der Waals surface area contributed by atoms with Gasteiger partial charge in [-0.25, -0.2) is 9.78 Å². The molecule has 0 aliphatic rings. The van der Waals surface area contributed by atoms with Gasteiger partial charge in [-0.1, -0.05) is 18.2 Å². The second kappa shape index (κ2) is 5.18. The van der Waals surface area contributed by atoms with Crippen molar-refractivity contribution in [3.8, 4) is 17.2 Å². The Hall–Kier alpha value is -2.83. The Balaban J connectivity index is 1.92. The summed E-state index contributed by atoms with van der Waals surface area (Å²) in [6, 6.07) is 12.9. The normalized spacial score (nSPS) is 11.6. The monoisotopic (exact) mass is 307 g/mol. The number of carbonyl (C=O) groups excluding carboxylic acids is 1. The van der Waals surface area contributed by atoms with Gasteiger partial charge in [-0.05, 0) is 24.3 Å². The molecule has 0 atom stereocenters. The van der Waals surface area contributed by atoms with E-state index in [0.29, 0.717) is 11.4 Å². The van der Waals surface area contributed by atoms with Gasteiger partial charge in [0, 0.05) is 11.6 Å². The minimum Gasteiger partial charge on any atom is -0.436 e. The molecule has 7 heteroatoms. The predicted octanol–water partition coefficient (Wildman–Crippen LogP) is 3.96. The van der Waals surface area contributed by atoms with Crippen LogP contribution in [0, 0.1) is 0 Å². The first-order valence-corrected chi connectivity index (χ1v) is 6.18. The van der Waals surface area contributed by atoms with Gasteiger partial charge in [-0.3, -0.25) is 0 Å². The van der Waals surface area contributed by atoms with Crippen molar-refractivity contribution in [1.82, 2.24) is 4.98 Å². The number of oxazole rings is 1. The first-order chi connectivity index (χ1) is 10.4. The average Bonchev–Trinajstić information content (AvgIpc) is 2.90. The molecule has 0 aliphatic heterocycles. The summed E-state index contributed by atoms with van der Waals surface area (Å²) in [5, 5.41) is 0. The number of carbonyl (C=O) groups is 1. The lowest BCUT2D eigenvalue weighted by Gasteiger charge is -2.05. The molecule has 2 aromatic carbocycles. The Kier molecular flexibility index (Phi) is 3.32. The van der Waals surface area contributed by atoms with E-state index in [1.165, 1.54) is 18.2 Å². The number of fused-ring (bicyclic) bond motifs is 1. The lowest BCUT2D eigenvalue weighted by Crippen LogP contribution is -2.27. The number of hydrogen-bond donors (Lipinski definition) is 0. The first kappa shape index (κ1) is 14.1. The maximum Gasteiger partial charge on any atom is 0.491 e. The number of benzene rings is 2. The molecule has 112 valence electrons. The van der Waals surface area contributed by atoms with E-state index in [-0.39, 0.29) is 11.3 Å². The molecule has 22 heavy (non-hydrogen) atoms. The van der Waals surface area contributed by atoms with Crippen LogP contribution in [0.4, 0.5) is 13.2 Å². The van der Waals surface area contributed by atoms with Gasteiger partial charge in [0.2, 0.25) is 5.89 Å². The highest BCUT2D eigenvalue weighted by Gasteiger charge is 2.41. The minimum absolute atomic E-state index is 0.228. The third-order valence-electron chi connectivity index (χ3n) is 2.82. The van der Waals surface area contributed by atoms with Crippen LogP contribution in [-0.2, 0) is 4.79 Å². The number of nitrogens with zero attached hydrogens (tertiary/aromatic N) is 1. The molecule has 0 amide bonds. The number of alkyl halides is 3. The number of halogens is 3. The molecule has 0 saturated carbocycles. The lowest BCUT2D eigenvalue weighted by molar-refractivity contribution is -0.189.